The number of hydrogen-bond acceptors (Lipinski definition) is 5. The van der Waals surface area contributed by atoms with Gasteiger partial charge in [-0.3, -0.25) is 4.79 Å². The van der Waals surface area contributed by atoms with E-state index in [-0.39, 0.29) is 34.7 Å². The van der Waals surface area contributed by atoms with Crippen molar-refractivity contribution in [3.05, 3.63) is 24.3 Å². The molecule has 0 unspecified atom stereocenters. The third-order valence-corrected chi connectivity index (χ3v) is 8.10. The van der Waals surface area contributed by atoms with Gasteiger partial charge in [0.1, 0.15) is 0 Å². The maximum atomic E-state index is 12.8. The Hall–Kier alpha value is -1.45. The largest absolute Gasteiger partial charge is 0.342 e. The summed E-state index contributed by atoms with van der Waals surface area (Å²) in [5, 5.41) is 0. The van der Waals surface area contributed by atoms with Gasteiger partial charge in [-0.05, 0) is 43.9 Å². The molecule has 2 saturated heterocycles. The number of nitrogens with zero attached hydrogens (tertiary/aromatic N) is 2. The summed E-state index contributed by atoms with van der Waals surface area (Å²) >= 11 is 0. The second-order valence-electron chi connectivity index (χ2n) is 6.96. The highest BCUT2D eigenvalue weighted by Crippen LogP contribution is 2.27. The van der Waals surface area contributed by atoms with Crippen LogP contribution in [0.4, 0.5) is 0 Å². The topological polar surface area (TPSA) is 91.8 Å². The highest BCUT2D eigenvalue weighted by atomic mass is 32.2. The smallest absolute Gasteiger partial charge is 0.243 e. The fraction of sp³-hybridized carbons (Fsp3) is 0.588. The summed E-state index contributed by atoms with van der Waals surface area (Å²) in [6, 6.07) is 5.43. The van der Waals surface area contributed by atoms with Crippen molar-refractivity contribution in [2.24, 2.45) is 5.92 Å². The van der Waals surface area contributed by atoms with Gasteiger partial charge in [-0.1, -0.05) is 6.07 Å². The van der Waals surface area contributed by atoms with Crippen molar-refractivity contribution in [3.63, 3.8) is 0 Å². The lowest BCUT2D eigenvalue weighted by Gasteiger charge is -2.32. The van der Waals surface area contributed by atoms with Crippen LogP contribution in [0.15, 0.2) is 34.1 Å². The molecule has 0 radical (unpaired) electrons. The first-order chi connectivity index (χ1) is 12.2. The van der Waals surface area contributed by atoms with Crippen molar-refractivity contribution in [3.8, 4) is 0 Å². The van der Waals surface area contributed by atoms with Gasteiger partial charge < -0.3 is 4.90 Å². The normalized spacial score (nSPS) is 20.4. The zero-order valence-corrected chi connectivity index (χ0v) is 16.4. The van der Waals surface area contributed by atoms with Gasteiger partial charge in [-0.25, -0.2) is 16.8 Å². The molecule has 7 nitrogen and oxygen atoms in total. The van der Waals surface area contributed by atoms with Crippen LogP contribution >= 0.6 is 0 Å². The van der Waals surface area contributed by atoms with Gasteiger partial charge in [-0.15, -0.1) is 0 Å². The zero-order valence-electron chi connectivity index (χ0n) is 14.8. The summed E-state index contributed by atoms with van der Waals surface area (Å²) in [5.74, 6) is 0.0144. The first-order valence-electron chi connectivity index (χ1n) is 8.78. The van der Waals surface area contributed by atoms with E-state index in [4.69, 9.17) is 0 Å². The lowest BCUT2D eigenvalue weighted by molar-refractivity contribution is -0.135. The molecule has 2 aliphatic heterocycles. The van der Waals surface area contributed by atoms with E-state index in [1.807, 2.05) is 4.90 Å². The zero-order chi connectivity index (χ0) is 18.9. The summed E-state index contributed by atoms with van der Waals surface area (Å²) in [6.45, 7) is 2.15. The maximum Gasteiger partial charge on any atom is 0.243 e. The molecule has 144 valence electrons. The van der Waals surface area contributed by atoms with Crippen LogP contribution in [-0.4, -0.2) is 64.4 Å². The van der Waals surface area contributed by atoms with Crippen molar-refractivity contribution in [1.29, 1.82) is 0 Å². The lowest BCUT2D eigenvalue weighted by atomic mass is 9.97. The predicted octanol–water partition coefficient (Wildman–Crippen LogP) is 1.11. The van der Waals surface area contributed by atoms with Crippen LogP contribution in [0.2, 0.25) is 0 Å². The maximum absolute atomic E-state index is 12.8. The molecule has 2 heterocycles. The van der Waals surface area contributed by atoms with Crippen LogP contribution in [0, 0.1) is 5.92 Å². The van der Waals surface area contributed by atoms with E-state index in [1.54, 1.807) is 0 Å². The second-order valence-corrected chi connectivity index (χ2v) is 10.9. The molecule has 0 N–H and O–H groups in total. The van der Waals surface area contributed by atoms with Crippen molar-refractivity contribution in [2.45, 2.75) is 35.5 Å². The number of piperidine rings is 1. The fourth-order valence-corrected chi connectivity index (χ4v) is 5.81. The molecule has 0 atom stereocenters. The number of benzene rings is 1. The van der Waals surface area contributed by atoms with E-state index in [9.17, 15) is 21.6 Å². The number of amides is 1. The predicted molar refractivity (Wildman–Crippen MR) is 96.8 cm³/mol. The molecule has 1 amide bonds. The van der Waals surface area contributed by atoms with Crippen LogP contribution in [0.3, 0.4) is 0 Å². The number of hydrogen-bond donors (Lipinski definition) is 0. The quantitative estimate of drug-likeness (QED) is 0.755. The van der Waals surface area contributed by atoms with Crippen molar-refractivity contribution in [1.82, 2.24) is 9.21 Å². The SMILES string of the molecule is CS(=O)(=O)c1cccc(S(=O)(=O)N2CCC(C(=O)N3CCCC3)CC2)c1. The Morgan fingerprint density at radius 2 is 1.54 bits per heavy atom. The molecule has 3 rings (SSSR count). The lowest BCUT2D eigenvalue weighted by Crippen LogP contribution is -2.43. The van der Waals surface area contributed by atoms with Gasteiger partial charge in [0.05, 0.1) is 9.79 Å². The monoisotopic (exact) mass is 400 g/mol. The van der Waals surface area contributed by atoms with E-state index in [1.165, 1.54) is 28.6 Å². The molecule has 9 heteroatoms. The Balaban J connectivity index is 1.71. The molecule has 1 aromatic carbocycles. The number of carbonyl (C=O) groups excluding carboxylic acids is 1. The Morgan fingerprint density at radius 1 is 0.962 bits per heavy atom. The molecule has 0 aromatic heterocycles. The Kier molecular flexibility index (Phi) is 5.41. The summed E-state index contributed by atoms with van der Waals surface area (Å²) in [7, 11) is -7.25. The number of rotatable bonds is 4. The molecule has 2 fully saturated rings. The summed E-state index contributed by atoms with van der Waals surface area (Å²) in [4.78, 5) is 14.3. The van der Waals surface area contributed by atoms with Crippen LogP contribution < -0.4 is 0 Å². The Morgan fingerprint density at radius 3 is 2.12 bits per heavy atom. The highest BCUT2D eigenvalue weighted by Gasteiger charge is 2.34. The van der Waals surface area contributed by atoms with Crippen molar-refractivity contribution < 1.29 is 21.6 Å². The third-order valence-electron chi connectivity index (χ3n) is 5.09. The molecule has 1 aromatic rings. The van der Waals surface area contributed by atoms with Gasteiger partial charge >= 0.3 is 0 Å². The second kappa shape index (κ2) is 7.28. The van der Waals surface area contributed by atoms with Gasteiger partial charge in [-0.2, -0.15) is 4.31 Å². The molecule has 0 saturated carbocycles. The van der Waals surface area contributed by atoms with E-state index in [2.05, 4.69) is 0 Å². The van der Waals surface area contributed by atoms with Gasteiger partial charge in [0.15, 0.2) is 9.84 Å². The molecule has 0 aliphatic carbocycles. The molecule has 26 heavy (non-hydrogen) atoms. The number of sulfone groups is 1. The first kappa shape index (κ1) is 19.3. The molecular formula is C17H24N2O5S2. The molecule has 2 aliphatic rings. The van der Waals surface area contributed by atoms with Gasteiger partial charge in [0.25, 0.3) is 0 Å². The van der Waals surface area contributed by atoms with Crippen LogP contribution in [0.1, 0.15) is 25.7 Å². The highest BCUT2D eigenvalue weighted by molar-refractivity contribution is 7.91. The molecule has 0 bridgehead atoms. The standard InChI is InChI=1S/C17H24N2O5S2/c1-25(21,22)15-5-4-6-16(13-15)26(23,24)19-11-7-14(8-12-19)17(20)18-9-2-3-10-18/h4-6,13-14H,2-3,7-12H2,1H3. The number of sulfonamides is 1. The molecule has 0 spiro atoms. The van der Waals surface area contributed by atoms with Crippen LogP contribution in [0.5, 0.6) is 0 Å². The van der Waals surface area contributed by atoms with E-state index in [0.717, 1.165) is 32.2 Å². The van der Waals surface area contributed by atoms with Crippen LogP contribution in [0.25, 0.3) is 0 Å². The minimum atomic E-state index is -3.77. The third kappa shape index (κ3) is 3.94. The summed E-state index contributed by atoms with van der Waals surface area (Å²) in [6.07, 6.45) is 4.13. The average molecular weight is 401 g/mol. The van der Waals surface area contributed by atoms with Crippen LogP contribution in [-0.2, 0) is 24.7 Å². The van der Waals surface area contributed by atoms with E-state index in [0.29, 0.717) is 12.8 Å². The minimum absolute atomic E-state index is 0.0160. The number of carbonyl (C=O) groups is 1. The summed E-state index contributed by atoms with van der Waals surface area (Å²) in [5.41, 5.74) is 0. The summed E-state index contributed by atoms with van der Waals surface area (Å²) < 4.78 is 50.4. The molecular weight excluding hydrogens is 376 g/mol. The van der Waals surface area contributed by atoms with E-state index >= 15 is 0 Å². The van der Waals surface area contributed by atoms with Gasteiger partial charge in [0.2, 0.25) is 15.9 Å². The van der Waals surface area contributed by atoms with Crippen molar-refractivity contribution in [2.75, 3.05) is 32.4 Å². The number of likely N-dealkylation sites (tertiary alicyclic amines) is 1. The average Bonchev–Trinajstić information content (AvgIpc) is 3.15. The first-order valence-corrected chi connectivity index (χ1v) is 12.1. The van der Waals surface area contributed by atoms with Gasteiger partial charge in [0, 0.05) is 38.4 Å². The Bertz CT molecular complexity index is 881. The van der Waals surface area contributed by atoms with Crippen molar-refractivity contribution >= 4 is 25.8 Å². The minimum Gasteiger partial charge on any atom is -0.342 e. The van der Waals surface area contributed by atoms with E-state index < -0.39 is 19.9 Å². The Labute approximate surface area is 155 Å². The fourth-order valence-electron chi connectivity index (χ4n) is 3.55.